The summed E-state index contributed by atoms with van der Waals surface area (Å²) < 4.78 is 5.42. The number of nitrogens with one attached hydrogen (secondary N) is 1. The van der Waals surface area contributed by atoms with Crippen LogP contribution in [0.3, 0.4) is 0 Å². The number of anilines is 1. The summed E-state index contributed by atoms with van der Waals surface area (Å²) in [5.74, 6) is -0.536. The maximum atomic E-state index is 12.6. The van der Waals surface area contributed by atoms with Gasteiger partial charge in [0.2, 0.25) is 11.8 Å². The minimum absolute atomic E-state index is 0.0752. The Labute approximate surface area is 201 Å². The molecule has 4 amide bonds. The van der Waals surface area contributed by atoms with Crippen LogP contribution in [-0.4, -0.2) is 54.1 Å². The molecule has 1 unspecified atom stereocenters. The molecule has 0 saturated carbocycles. The van der Waals surface area contributed by atoms with Gasteiger partial charge < -0.3 is 15.0 Å². The van der Waals surface area contributed by atoms with Crippen LogP contribution in [-0.2, 0) is 14.4 Å². The van der Waals surface area contributed by atoms with E-state index in [1.54, 1.807) is 35.2 Å². The molecule has 4 rings (SSSR count). The van der Waals surface area contributed by atoms with Gasteiger partial charge in [0.05, 0.1) is 17.4 Å². The zero-order valence-corrected chi connectivity index (χ0v) is 19.5. The van der Waals surface area contributed by atoms with Crippen molar-refractivity contribution in [3.05, 3.63) is 65.1 Å². The smallest absolute Gasteiger partial charge is 0.293 e. The standard InChI is InChI=1S/C25H25N3O5S/c1-2-33-20-10-8-19(9-11-20)28-16-18(15-22(28)29)23(30)26-12-13-27-24(31)21(34-25(27)32)14-17-6-4-3-5-7-17/h3-11,14,18H,2,12-13,15-16H2,1H3,(H,26,30)/b21-14-. The highest BCUT2D eigenvalue weighted by atomic mass is 32.2. The molecule has 2 saturated heterocycles. The van der Waals surface area contributed by atoms with Crippen molar-refractivity contribution in [1.29, 1.82) is 0 Å². The van der Waals surface area contributed by atoms with E-state index < -0.39 is 5.92 Å². The van der Waals surface area contributed by atoms with Crippen molar-refractivity contribution in [3.63, 3.8) is 0 Å². The van der Waals surface area contributed by atoms with E-state index in [1.165, 1.54) is 0 Å². The average molecular weight is 480 g/mol. The van der Waals surface area contributed by atoms with Gasteiger partial charge in [-0.15, -0.1) is 0 Å². The Morgan fingerprint density at radius 3 is 2.56 bits per heavy atom. The van der Waals surface area contributed by atoms with Crippen molar-refractivity contribution in [2.24, 2.45) is 5.92 Å². The summed E-state index contributed by atoms with van der Waals surface area (Å²) >= 11 is 0.889. The normalized spacial score (nSPS) is 19.3. The average Bonchev–Trinajstić information content (AvgIpc) is 3.35. The Bertz CT molecular complexity index is 1120. The van der Waals surface area contributed by atoms with Gasteiger partial charge >= 0.3 is 0 Å². The third-order valence-electron chi connectivity index (χ3n) is 5.56. The van der Waals surface area contributed by atoms with E-state index in [-0.39, 0.29) is 49.0 Å². The van der Waals surface area contributed by atoms with Gasteiger partial charge in [0.15, 0.2) is 0 Å². The highest BCUT2D eigenvalue weighted by Gasteiger charge is 2.37. The lowest BCUT2D eigenvalue weighted by Crippen LogP contribution is -2.40. The van der Waals surface area contributed by atoms with Gasteiger partial charge in [-0.2, -0.15) is 0 Å². The Morgan fingerprint density at radius 1 is 1.12 bits per heavy atom. The number of hydrogen-bond donors (Lipinski definition) is 1. The van der Waals surface area contributed by atoms with Crippen molar-refractivity contribution >= 4 is 46.5 Å². The number of amides is 4. The van der Waals surface area contributed by atoms with Crippen LogP contribution in [0.25, 0.3) is 6.08 Å². The molecule has 1 atom stereocenters. The van der Waals surface area contributed by atoms with Crippen LogP contribution in [0.4, 0.5) is 10.5 Å². The van der Waals surface area contributed by atoms with Crippen LogP contribution in [0.5, 0.6) is 5.75 Å². The van der Waals surface area contributed by atoms with E-state index in [2.05, 4.69) is 5.32 Å². The quantitative estimate of drug-likeness (QED) is 0.584. The van der Waals surface area contributed by atoms with E-state index in [1.807, 2.05) is 37.3 Å². The topological polar surface area (TPSA) is 96.0 Å². The van der Waals surface area contributed by atoms with E-state index in [4.69, 9.17) is 4.74 Å². The first kappa shape index (κ1) is 23.6. The minimum atomic E-state index is -0.494. The van der Waals surface area contributed by atoms with Crippen molar-refractivity contribution in [3.8, 4) is 5.75 Å². The number of ether oxygens (including phenoxy) is 1. The maximum absolute atomic E-state index is 12.6. The molecule has 2 heterocycles. The molecule has 1 N–H and O–H groups in total. The summed E-state index contributed by atoms with van der Waals surface area (Å²) in [7, 11) is 0. The summed E-state index contributed by atoms with van der Waals surface area (Å²) in [5, 5.41) is 2.40. The molecule has 176 valence electrons. The molecule has 0 bridgehead atoms. The Morgan fingerprint density at radius 2 is 1.85 bits per heavy atom. The monoisotopic (exact) mass is 479 g/mol. The molecule has 2 aromatic rings. The summed E-state index contributed by atoms with van der Waals surface area (Å²) in [5.41, 5.74) is 1.55. The first-order valence-corrected chi connectivity index (χ1v) is 11.9. The molecule has 0 spiro atoms. The van der Waals surface area contributed by atoms with Gasteiger partial charge in [-0.05, 0) is 54.6 Å². The SMILES string of the molecule is CCOc1ccc(N2CC(C(=O)NCCN3C(=O)S/C(=C\c4ccccc4)C3=O)CC2=O)cc1. The molecule has 2 aliphatic heterocycles. The molecular formula is C25H25N3O5S. The largest absolute Gasteiger partial charge is 0.494 e. The fourth-order valence-corrected chi connectivity index (χ4v) is 4.72. The summed E-state index contributed by atoms with van der Waals surface area (Å²) in [4.78, 5) is 53.1. The summed E-state index contributed by atoms with van der Waals surface area (Å²) in [6.07, 6.45) is 1.80. The Kier molecular flexibility index (Phi) is 7.32. The molecule has 2 aliphatic rings. The van der Waals surface area contributed by atoms with Gasteiger partial charge in [-0.3, -0.25) is 24.1 Å². The van der Waals surface area contributed by atoms with Crippen LogP contribution in [0.2, 0.25) is 0 Å². The molecule has 2 aromatic carbocycles. The van der Waals surface area contributed by atoms with Gasteiger partial charge in [0.25, 0.3) is 11.1 Å². The zero-order valence-electron chi connectivity index (χ0n) is 18.7. The molecular weight excluding hydrogens is 454 g/mol. The number of rotatable bonds is 8. The van der Waals surface area contributed by atoms with Crippen molar-refractivity contribution in [2.45, 2.75) is 13.3 Å². The first-order valence-electron chi connectivity index (χ1n) is 11.1. The third kappa shape index (κ3) is 5.31. The minimum Gasteiger partial charge on any atom is -0.494 e. The lowest BCUT2D eigenvalue weighted by atomic mass is 10.1. The second-order valence-corrected chi connectivity index (χ2v) is 8.86. The zero-order chi connectivity index (χ0) is 24.1. The van der Waals surface area contributed by atoms with Gasteiger partial charge in [-0.1, -0.05) is 30.3 Å². The molecule has 9 heteroatoms. The van der Waals surface area contributed by atoms with Crippen LogP contribution in [0, 0.1) is 5.92 Å². The third-order valence-corrected chi connectivity index (χ3v) is 6.47. The summed E-state index contributed by atoms with van der Waals surface area (Å²) in [6.45, 7) is 2.94. The van der Waals surface area contributed by atoms with Crippen molar-refractivity contribution < 1.29 is 23.9 Å². The van der Waals surface area contributed by atoms with Gasteiger partial charge in [-0.25, -0.2) is 0 Å². The van der Waals surface area contributed by atoms with Crippen LogP contribution >= 0.6 is 11.8 Å². The second-order valence-electron chi connectivity index (χ2n) is 7.87. The lowest BCUT2D eigenvalue weighted by molar-refractivity contribution is -0.127. The Balaban J connectivity index is 1.28. The van der Waals surface area contributed by atoms with E-state index in [0.717, 1.165) is 28.0 Å². The predicted molar refractivity (Wildman–Crippen MR) is 130 cm³/mol. The van der Waals surface area contributed by atoms with Crippen LogP contribution in [0.1, 0.15) is 18.9 Å². The summed E-state index contributed by atoms with van der Waals surface area (Å²) in [6, 6.07) is 16.5. The molecule has 8 nitrogen and oxygen atoms in total. The molecule has 34 heavy (non-hydrogen) atoms. The predicted octanol–water partition coefficient (Wildman–Crippen LogP) is 3.29. The second kappa shape index (κ2) is 10.6. The maximum Gasteiger partial charge on any atom is 0.293 e. The number of carbonyl (C=O) groups excluding carboxylic acids is 4. The number of carbonyl (C=O) groups is 4. The highest BCUT2D eigenvalue weighted by molar-refractivity contribution is 8.18. The molecule has 0 radical (unpaired) electrons. The Hall–Kier alpha value is -3.59. The lowest BCUT2D eigenvalue weighted by Gasteiger charge is -2.18. The van der Waals surface area contributed by atoms with Crippen molar-refractivity contribution in [1.82, 2.24) is 10.2 Å². The number of benzene rings is 2. The molecule has 0 aromatic heterocycles. The van der Waals surface area contributed by atoms with Crippen molar-refractivity contribution in [2.75, 3.05) is 31.1 Å². The van der Waals surface area contributed by atoms with Crippen LogP contribution < -0.4 is 15.0 Å². The molecule has 2 fully saturated rings. The molecule has 0 aliphatic carbocycles. The van der Waals surface area contributed by atoms with Gasteiger partial charge in [0.1, 0.15) is 5.75 Å². The number of nitrogens with zero attached hydrogens (tertiary/aromatic N) is 2. The van der Waals surface area contributed by atoms with Crippen LogP contribution in [0.15, 0.2) is 59.5 Å². The van der Waals surface area contributed by atoms with E-state index in [9.17, 15) is 19.2 Å². The number of hydrogen-bond acceptors (Lipinski definition) is 6. The first-order chi connectivity index (χ1) is 16.5. The highest BCUT2D eigenvalue weighted by Crippen LogP contribution is 2.32. The van der Waals surface area contributed by atoms with E-state index >= 15 is 0 Å². The fraction of sp³-hybridized carbons (Fsp3) is 0.280. The fourth-order valence-electron chi connectivity index (χ4n) is 3.85. The number of imide groups is 1. The van der Waals surface area contributed by atoms with Gasteiger partial charge in [0, 0.05) is 31.7 Å². The number of thioether (sulfide) groups is 1. The van der Waals surface area contributed by atoms with E-state index in [0.29, 0.717) is 17.2 Å².